The Labute approximate surface area is 192 Å². The van der Waals surface area contributed by atoms with Crippen LogP contribution in [0.2, 0.25) is 0 Å². The fourth-order valence-electron chi connectivity index (χ4n) is 4.35. The van der Waals surface area contributed by atoms with E-state index in [9.17, 15) is 13.2 Å². The maximum atomic E-state index is 13.6. The Bertz CT molecular complexity index is 1100. The van der Waals surface area contributed by atoms with E-state index in [0.717, 1.165) is 17.5 Å². The number of carbonyl (C=O) groups is 1. The zero-order valence-corrected chi connectivity index (χ0v) is 20.8. The topological polar surface area (TPSA) is 75.7 Å². The molecule has 174 valence electrons. The minimum Gasteiger partial charge on any atom is -0.476 e. The summed E-state index contributed by atoms with van der Waals surface area (Å²) in [7, 11) is -3.87. The molecule has 1 amide bonds. The molecule has 3 rings (SSSR count). The highest BCUT2D eigenvalue weighted by Crippen LogP contribution is 2.38. The van der Waals surface area contributed by atoms with Crippen LogP contribution in [-0.4, -0.2) is 32.5 Å². The van der Waals surface area contributed by atoms with Gasteiger partial charge in [0, 0.05) is 5.54 Å². The van der Waals surface area contributed by atoms with E-state index in [1.165, 1.54) is 4.31 Å². The molecule has 1 heterocycles. The van der Waals surface area contributed by atoms with Gasteiger partial charge in [0.25, 0.3) is 15.9 Å². The number of anilines is 1. The van der Waals surface area contributed by atoms with Crippen molar-refractivity contribution in [2.24, 2.45) is 5.41 Å². The third kappa shape index (κ3) is 5.44. The molecular weight excluding hydrogens is 424 g/mol. The minimum atomic E-state index is -3.87. The monoisotopic (exact) mass is 458 g/mol. The average Bonchev–Trinajstić information content (AvgIpc) is 2.65. The molecule has 2 aromatic rings. The van der Waals surface area contributed by atoms with E-state index in [0.29, 0.717) is 11.4 Å². The van der Waals surface area contributed by atoms with Crippen molar-refractivity contribution in [1.29, 1.82) is 0 Å². The van der Waals surface area contributed by atoms with Crippen molar-refractivity contribution >= 4 is 21.6 Å². The van der Waals surface area contributed by atoms with Crippen molar-refractivity contribution < 1.29 is 17.9 Å². The van der Waals surface area contributed by atoms with Crippen LogP contribution < -0.4 is 14.4 Å². The summed E-state index contributed by atoms with van der Waals surface area (Å²) in [6.07, 6.45) is -0.190. The zero-order valence-electron chi connectivity index (χ0n) is 20.0. The van der Waals surface area contributed by atoms with Crippen molar-refractivity contribution in [1.82, 2.24) is 5.32 Å². The van der Waals surface area contributed by atoms with Crippen LogP contribution in [-0.2, 0) is 14.8 Å². The number of sulfonamides is 1. The lowest BCUT2D eigenvalue weighted by molar-refractivity contribution is -0.129. The van der Waals surface area contributed by atoms with Crippen molar-refractivity contribution in [2.75, 3.05) is 10.8 Å². The van der Waals surface area contributed by atoms with Crippen LogP contribution in [0.1, 0.15) is 52.2 Å². The molecule has 1 atom stereocenters. The van der Waals surface area contributed by atoms with Gasteiger partial charge < -0.3 is 10.1 Å². The molecule has 0 saturated heterocycles. The summed E-state index contributed by atoms with van der Waals surface area (Å²) in [5.41, 5.74) is 1.89. The Morgan fingerprint density at radius 1 is 1.03 bits per heavy atom. The molecule has 0 spiro atoms. The van der Waals surface area contributed by atoms with Gasteiger partial charge in [-0.2, -0.15) is 0 Å². The Kier molecular flexibility index (Phi) is 6.35. The highest BCUT2D eigenvalue weighted by molar-refractivity contribution is 7.92. The first-order valence-electron chi connectivity index (χ1n) is 10.9. The number of nitrogens with zero attached hydrogens (tertiary/aromatic N) is 1. The predicted molar refractivity (Wildman–Crippen MR) is 128 cm³/mol. The lowest BCUT2D eigenvalue weighted by atomic mass is 9.81. The second-order valence-corrected chi connectivity index (χ2v) is 12.4. The fourth-order valence-corrected chi connectivity index (χ4v) is 5.81. The molecule has 6 nitrogen and oxygen atoms in total. The van der Waals surface area contributed by atoms with Gasteiger partial charge in [0.05, 0.1) is 17.1 Å². The number of rotatable bonds is 5. The second kappa shape index (κ2) is 8.43. The van der Waals surface area contributed by atoms with Gasteiger partial charge in [-0.1, -0.05) is 44.5 Å². The van der Waals surface area contributed by atoms with Crippen LogP contribution in [0.25, 0.3) is 0 Å². The van der Waals surface area contributed by atoms with Gasteiger partial charge in [-0.3, -0.25) is 9.10 Å². The first-order valence-corrected chi connectivity index (χ1v) is 12.3. The van der Waals surface area contributed by atoms with E-state index in [-0.39, 0.29) is 22.8 Å². The van der Waals surface area contributed by atoms with E-state index in [4.69, 9.17) is 4.74 Å². The van der Waals surface area contributed by atoms with Crippen molar-refractivity contribution in [3.05, 3.63) is 53.6 Å². The highest BCUT2D eigenvalue weighted by atomic mass is 32.2. The SMILES string of the molecule is Cc1ccc(S(=O)(=O)N2CC(C(=O)NC(C)(C)CC(C)(C)C)Oc3ccc(C)cc32)cc1. The van der Waals surface area contributed by atoms with Gasteiger partial charge in [-0.15, -0.1) is 0 Å². The van der Waals surface area contributed by atoms with Crippen molar-refractivity contribution in [3.8, 4) is 5.75 Å². The maximum absolute atomic E-state index is 13.6. The summed E-state index contributed by atoms with van der Waals surface area (Å²) < 4.78 is 34.4. The third-order valence-corrected chi connectivity index (χ3v) is 7.11. The molecule has 32 heavy (non-hydrogen) atoms. The number of hydrogen-bond donors (Lipinski definition) is 1. The molecule has 1 aliphatic rings. The molecule has 0 radical (unpaired) electrons. The second-order valence-electron chi connectivity index (χ2n) is 10.5. The fraction of sp³-hybridized carbons (Fsp3) is 0.480. The van der Waals surface area contributed by atoms with Crippen molar-refractivity contribution in [3.63, 3.8) is 0 Å². The van der Waals surface area contributed by atoms with Gasteiger partial charge >= 0.3 is 0 Å². The lowest BCUT2D eigenvalue weighted by Crippen LogP contribution is -2.55. The maximum Gasteiger partial charge on any atom is 0.264 e. The molecule has 1 N–H and O–H groups in total. The minimum absolute atomic E-state index is 0.0230. The molecular formula is C25H34N2O4S. The smallest absolute Gasteiger partial charge is 0.264 e. The Morgan fingerprint density at radius 2 is 1.62 bits per heavy atom. The van der Waals surface area contributed by atoms with Crippen LogP contribution in [0.3, 0.4) is 0 Å². The lowest BCUT2D eigenvalue weighted by Gasteiger charge is -2.38. The van der Waals surface area contributed by atoms with Crippen LogP contribution >= 0.6 is 0 Å². The molecule has 2 aromatic carbocycles. The van der Waals surface area contributed by atoms with E-state index < -0.39 is 21.7 Å². The van der Waals surface area contributed by atoms with Crippen LogP contribution in [0.15, 0.2) is 47.4 Å². The number of nitrogens with one attached hydrogen (secondary N) is 1. The first kappa shape index (κ1) is 24.1. The Morgan fingerprint density at radius 3 is 2.22 bits per heavy atom. The van der Waals surface area contributed by atoms with E-state index in [1.54, 1.807) is 36.4 Å². The number of amides is 1. The predicted octanol–water partition coefficient (Wildman–Crippen LogP) is 4.59. The van der Waals surface area contributed by atoms with Gasteiger partial charge in [0.2, 0.25) is 0 Å². The van der Waals surface area contributed by atoms with Crippen LogP contribution in [0.4, 0.5) is 5.69 Å². The Balaban J connectivity index is 1.95. The molecule has 7 heteroatoms. The number of ether oxygens (including phenoxy) is 1. The molecule has 0 aliphatic carbocycles. The zero-order chi connectivity index (χ0) is 23.9. The number of aryl methyl sites for hydroxylation is 2. The molecule has 0 aromatic heterocycles. The van der Waals surface area contributed by atoms with E-state index in [1.807, 2.05) is 33.8 Å². The van der Waals surface area contributed by atoms with Gasteiger partial charge in [0.1, 0.15) is 5.75 Å². The number of hydrogen-bond acceptors (Lipinski definition) is 4. The molecule has 1 unspecified atom stereocenters. The number of benzene rings is 2. The standard InChI is InChI=1S/C25H34N2O4S/c1-17-8-11-19(12-9-17)32(29,30)27-15-22(31-21-13-10-18(2)14-20(21)27)23(28)26-25(6,7)16-24(3,4)5/h8-14,22H,15-16H2,1-7H3,(H,26,28). The van der Waals surface area contributed by atoms with Crippen LogP contribution in [0.5, 0.6) is 5.75 Å². The van der Waals surface area contributed by atoms with E-state index >= 15 is 0 Å². The highest BCUT2D eigenvalue weighted by Gasteiger charge is 2.39. The van der Waals surface area contributed by atoms with Gasteiger partial charge in [0.15, 0.2) is 6.10 Å². The van der Waals surface area contributed by atoms with Crippen LogP contribution in [0, 0.1) is 19.3 Å². The van der Waals surface area contributed by atoms with Gasteiger partial charge in [-0.05, 0) is 69.4 Å². The third-order valence-electron chi connectivity index (χ3n) is 5.32. The molecule has 1 aliphatic heterocycles. The van der Waals surface area contributed by atoms with Crippen molar-refractivity contribution in [2.45, 2.75) is 71.4 Å². The van der Waals surface area contributed by atoms with E-state index in [2.05, 4.69) is 26.1 Å². The number of carbonyl (C=O) groups excluding carboxylic acids is 1. The van der Waals surface area contributed by atoms with Gasteiger partial charge in [-0.25, -0.2) is 8.42 Å². The summed E-state index contributed by atoms with van der Waals surface area (Å²) >= 11 is 0. The summed E-state index contributed by atoms with van der Waals surface area (Å²) in [6, 6.07) is 12.1. The largest absolute Gasteiger partial charge is 0.476 e. The first-order chi connectivity index (χ1) is 14.7. The number of fused-ring (bicyclic) bond motifs is 1. The molecule has 0 saturated carbocycles. The Hall–Kier alpha value is -2.54. The summed E-state index contributed by atoms with van der Waals surface area (Å²) in [5, 5.41) is 3.06. The summed E-state index contributed by atoms with van der Waals surface area (Å²) in [4.78, 5) is 13.4. The molecule has 0 bridgehead atoms. The summed E-state index contributed by atoms with van der Waals surface area (Å²) in [6.45, 7) is 14.0. The normalized spacial score (nSPS) is 16.8. The quantitative estimate of drug-likeness (QED) is 0.711. The average molecular weight is 459 g/mol. The molecule has 0 fully saturated rings. The summed E-state index contributed by atoms with van der Waals surface area (Å²) in [5.74, 6) is 0.0564.